The number of aromatic nitrogens is 4. The molecule has 4 heteroatoms. The lowest BCUT2D eigenvalue weighted by atomic mass is 9.87. The molecule has 0 atom stereocenters. The predicted molar refractivity (Wildman–Crippen MR) is 95.9 cm³/mol. The molecular formula is C20H24N4. The van der Waals surface area contributed by atoms with Crippen molar-refractivity contribution in [1.29, 1.82) is 0 Å². The van der Waals surface area contributed by atoms with Gasteiger partial charge in [0.1, 0.15) is 5.65 Å². The van der Waals surface area contributed by atoms with E-state index < -0.39 is 0 Å². The minimum atomic E-state index is 0.679. The van der Waals surface area contributed by atoms with Crippen molar-refractivity contribution in [2.24, 2.45) is 5.92 Å². The summed E-state index contributed by atoms with van der Waals surface area (Å²) < 4.78 is 2.11. The quantitative estimate of drug-likeness (QED) is 0.744. The summed E-state index contributed by atoms with van der Waals surface area (Å²) in [4.78, 5) is 8.15. The van der Waals surface area contributed by atoms with E-state index in [0.717, 1.165) is 18.1 Å². The fourth-order valence-corrected chi connectivity index (χ4v) is 4.10. The second kappa shape index (κ2) is 5.76. The molecular weight excluding hydrogens is 296 g/mol. The highest BCUT2D eigenvalue weighted by molar-refractivity contribution is 5.93. The van der Waals surface area contributed by atoms with Gasteiger partial charge < -0.3 is 4.98 Å². The Morgan fingerprint density at radius 3 is 2.83 bits per heavy atom. The lowest BCUT2D eigenvalue weighted by Gasteiger charge is -2.20. The SMILES string of the molecule is c1cc(-c2cnn(CC3CC3)c2)c2cc(C3CCCCC3)[nH]c2n1. The summed E-state index contributed by atoms with van der Waals surface area (Å²) in [5.41, 5.74) is 4.84. The van der Waals surface area contributed by atoms with Crippen LogP contribution in [0.5, 0.6) is 0 Å². The van der Waals surface area contributed by atoms with Crippen molar-refractivity contribution in [3.63, 3.8) is 0 Å². The molecule has 0 unspecified atom stereocenters. The van der Waals surface area contributed by atoms with E-state index in [4.69, 9.17) is 0 Å². The third kappa shape index (κ3) is 2.64. The Labute approximate surface area is 142 Å². The molecule has 0 aromatic carbocycles. The van der Waals surface area contributed by atoms with E-state index in [0.29, 0.717) is 5.92 Å². The number of fused-ring (bicyclic) bond motifs is 1. The molecule has 4 nitrogen and oxygen atoms in total. The molecule has 0 bridgehead atoms. The fraction of sp³-hybridized carbons (Fsp3) is 0.500. The molecule has 2 aliphatic carbocycles. The molecule has 0 aliphatic heterocycles. The van der Waals surface area contributed by atoms with E-state index in [1.54, 1.807) is 0 Å². The minimum Gasteiger partial charge on any atom is -0.343 e. The zero-order valence-corrected chi connectivity index (χ0v) is 14.0. The van der Waals surface area contributed by atoms with Gasteiger partial charge in [0.05, 0.1) is 6.20 Å². The fourth-order valence-electron chi connectivity index (χ4n) is 4.10. The normalized spacial score (nSPS) is 19.2. The Balaban J connectivity index is 1.50. The highest BCUT2D eigenvalue weighted by Crippen LogP contribution is 2.36. The summed E-state index contributed by atoms with van der Waals surface area (Å²) in [6, 6.07) is 4.46. The van der Waals surface area contributed by atoms with Crippen molar-refractivity contribution in [3.05, 3.63) is 36.4 Å². The second-order valence-electron chi connectivity index (χ2n) is 7.57. The highest BCUT2D eigenvalue weighted by atomic mass is 15.3. The molecule has 0 amide bonds. The molecule has 2 fully saturated rings. The average Bonchev–Trinajstić information content (AvgIpc) is 3.14. The third-order valence-corrected chi connectivity index (χ3v) is 5.68. The number of nitrogens with zero attached hydrogens (tertiary/aromatic N) is 3. The number of H-pyrrole nitrogens is 1. The number of aromatic amines is 1. The van der Waals surface area contributed by atoms with Crippen molar-refractivity contribution < 1.29 is 0 Å². The second-order valence-corrected chi connectivity index (χ2v) is 7.57. The van der Waals surface area contributed by atoms with Crippen molar-refractivity contribution >= 4 is 11.0 Å². The molecule has 0 radical (unpaired) electrons. The van der Waals surface area contributed by atoms with Gasteiger partial charge in [0, 0.05) is 35.6 Å². The first-order valence-electron chi connectivity index (χ1n) is 9.37. The first kappa shape index (κ1) is 14.3. The number of hydrogen-bond acceptors (Lipinski definition) is 2. The predicted octanol–water partition coefficient (Wildman–Crippen LogP) is 4.88. The van der Waals surface area contributed by atoms with Crippen LogP contribution in [0.15, 0.2) is 30.7 Å². The van der Waals surface area contributed by atoms with Crippen molar-refractivity contribution in [2.75, 3.05) is 0 Å². The number of hydrogen-bond donors (Lipinski definition) is 1. The molecule has 3 aromatic rings. The van der Waals surface area contributed by atoms with Gasteiger partial charge in [-0.25, -0.2) is 4.98 Å². The third-order valence-electron chi connectivity index (χ3n) is 5.68. The van der Waals surface area contributed by atoms with Crippen LogP contribution in [0.1, 0.15) is 56.6 Å². The summed E-state index contributed by atoms with van der Waals surface area (Å²) >= 11 is 0. The molecule has 3 aromatic heterocycles. The van der Waals surface area contributed by atoms with E-state index in [1.165, 1.54) is 67.2 Å². The molecule has 2 aliphatic rings. The van der Waals surface area contributed by atoms with Crippen LogP contribution in [0.3, 0.4) is 0 Å². The summed E-state index contributed by atoms with van der Waals surface area (Å²) in [5, 5.41) is 5.80. The summed E-state index contributed by atoms with van der Waals surface area (Å²) in [6.07, 6.45) is 15.5. The maximum absolute atomic E-state index is 4.57. The van der Waals surface area contributed by atoms with Crippen LogP contribution in [0.4, 0.5) is 0 Å². The van der Waals surface area contributed by atoms with Gasteiger partial charge in [-0.15, -0.1) is 0 Å². The van der Waals surface area contributed by atoms with Crippen LogP contribution in [-0.4, -0.2) is 19.7 Å². The minimum absolute atomic E-state index is 0.679. The average molecular weight is 320 g/mol. The van der Waals surface area contributed by atoms with E-state index >= 15 is 0 Å². The van der Waals surface area contributed by atoms with Gasteiger partial charge in [-0.1, -0.05) is 19.3 Å². The topological polar surface area (TPSA) is 46.5 Å². The molecule has 3 heterocycles. The van der Waals surface area contributed by atoms with Crippen LogP contribution in [0, 0.1) is 5.92 Å². The van der Waals surface area contributed by atoms with Gasteiger partial charge in [-0.3, -0.25) is 4.68 Å². The molecule has 2 saturated carbocycles. The van der Waals surface area contributed by atoms with Gasteiger partial charge in [0.2, 0.25) is 0 Å². The molecule has 1 N–H and O–H groups in total. The van der Waals surface area contributed by atoms with E-state index in [-0.39, 0.29) is 0 Å². The van der Waals surface area contributed by atoms with E-state index in [2.05, 4.69) is 38.1 Å². The molecule has 0 spiro atoms. The Morgan fingerprint density at radius 1 is 1.12 bits per heavy atom. The monoisotopic (exact) mass is 320 g/mol. The largest absolute Gasteiger partial charge is 0.343 e. The summed E-state index contributed by atoms with van der Waals surface area (Å²) in [6.45, 7) is 1.06. The zero-order valence-electron chi connectivity index (χ0n) is 14.0. The number of nitrogens with one attached hydrogen (secondary N) is 1. The molecule has 24 heavy (non-hydrogen) atoms. The first-order valence-corrected chi connectivity index (χ1v) is 9.37. The summed E-state index contributed by atoms with van der Waals surface area (Å²) in [5.74, 6) is 1.53. The van der Waals surface area contributed by atoms with Gasteiger partial charge in [0.15, 0.2) is 0 Å². The van der Waals surface area contributed by atoms with E-state index in [1.807, 2.05) is 12.4 Å². The number of pyridine rings is 1. The van der Waals surface area contributed by atoms with Gasteiger partial charge in [-0.05, 0) is 55.2 Å². The molecule has 5 rings (SSSR count). The van der Waals surface area contributed by atoms with Crippen LogP contribution in [0.2, 0.25) is 0 Å². The van der Waals surface area contributed by atoms with Gasteiger partial charge >= 0.3 is 0 Å². The Morgan fingerprint density at radius 2 is 2.00 bits per heavy atom. The van der Waals surface area contributed by atoms with Crippen molar-refractivity contribution in [3.8, 4) is 11.1 Å². The lowest BCUT2D eigenvalue weighted by Crippen LogP contribution is -2.04. The smallest absolute Gasteiger partial charge is 0.138 e. The molecule has 0 saturated heterocycles. The van der Waals surface area contributed by atoms with Crippen molar-refractivity contribution in [2.45, 2.75) is 57.4 Å². The Kier molecular flexibility index (Phi) is 3.42. The maximum atomic E-state index is 4.57. The van der Waals surface area contributed by atoms with Crippen LogP contribution >= 0.6 is 0 Å². The van der Waals surface area contributed by atoms with Crippen molar-refractivity contribution in [1.82, 2.24) is 19.7 Å². The van der Waals surface area contributed by atoms with Crippen LogP contribution < -0.4 is 0 Å². The van der Waals surface area contributed by atoms with Gasteiger partial charge in [-0.2, -0.15) is 5.10 Å². The zero-order chi connectivity index (χ0) is 15.9. The highest BCUT2D eigenvalue weighted by Gasteiger charge is 2.22. The Hall–Kier alpha value is -2.10. The van der Waals surface area contributed by atoms with Crippen LogP contribution in [0.25, 0.3) is 22.2 Å². The maximum Gasteiger partial charge on any atom is 0.138 e. The van der Waals surface area contributed by atoms with Crippen LogP contribution in [-0.2, 0) is 6.54 Å². The Bertz CT molecular complexity index is 850. The molecule has 124 valence electrons. The standard InChI is InChI=1S/C20H24N4/c1-2-4-15(5-3-1)19-10-18-17(8-9-21-20(18)23-19)16-11-22-24(13-16)12-14-6-7-14/h8-11,13-15H,1-7,12H2,(H,21,23). The number of rotatable bonds is 4. The first-order chi connectivity index (χ1) is 11.9. The van der Waals surface area contributed by atoms with E-state index in [9.17, 15) is 0 Å². The lowest BCUT2D eigenvalue weighted by molar-refractivity contribution is 0.438. The summed E-state index contributed by atoms with van der Waals surface area (Å²) in [7, 11) is 0. The van der Waals surface area contributed by atoms with Gasteiger partial charge in [0.25, 0.3) is 0 Å².